The molecule has 68 valence electrons. The monoisotopic (exact) mass is 214 g/mol. The highest BCUT2D eigenvalue weighted by molar-refractivity contribution is 6.42. The summed E-state index contributed by atoms with van der Waals surface area (Å²) in [5, 5.41) is 2.16. The summed E-state index contributed by atoms with van der Waals surface area (Å²) in [5.41, 5.74) is 7.44. The molecule has 0 unspecified atom stereocenters. The van der Waals surface area contributed by atoms with E-state index in [-0.39, 0.29) is 0 Å². The van der Waals surface area contributed by atoms with Crippen molar-refractivity contribution in [3.05, 3.63) is 33.9 Å². The number of hydrogen-bond donors (Lipinski definition) is 2. The smallest absolute Gasteiger partial charge is 0.0613 e. The van der Waals surface area contributed by atoms with Gasteiger partial charge in [0.05, 0.1) is 10.0 Å². The van der Waals surface area contributed by atoms with Crippen molar-refractivity contribution >= 4 is 34.1 Å². The Morgan fingerprint density at radius 2 is 1.85 bits per heavy atom. The van der Waals surface area contributed by atoms with Crippen LogP contribution in [0.25, 0.3) is 10.9 Å². The predicted molar refractivity (Wildman–Crippen MR) is 56.2 cm³/mol. The fourth-order valence-electron chi connectivity index (χ4n) is 1.30. The average Bonchev–Trinajstić information content (AvgIpc) is 2.48. The highest BCUT2D eigenvalue weighted by atomic mass is 35.5. The van der Waals surface area contributed by atoms with Gasteiger partial charge in [0.15, 0.2) is 0 Å². The lowest BCUT2D eigenvalue weighted by molar-refractivity contribution is 1.02. The summed E-state index contributed by atoms with van der Waals surface area (Å²) in [5.74, 6) is 0. The standard InChI is InChI=1S/C9H8Cl2N2/c10-7-2-5-1-6(4-12)13-9(5)3-8(7)11/h1-3,13H,4,12H2. The topological polar surface area (TPSA) is 41.8 Å². The number of aromatic amines is 1. The van der Waals surface area contributed by atoms with Crippen molar-refractivity contribution in [1.29, 1.82) is 0 Å². The molecule has 0 fully saturated rings. The summed E-state index contributed by atoms with van der Waals surface area (Å²) in [4.78, 5) is 3.15. The van der Waals surface area contributed by atoms with Crippen molar-refractivity contribution in [3.63, 3.8) is 0 Å². The van der Waals surface area contributed by atoms with Gasteiger partial charge in [0.2, 0.25) is 0 Å². The second-order valence-corrected chi connectivity index (χ2v) is 3.67. The molecule has 1 aromatic heterocycles. The van der Waals surface area contributed by atoms with E-state index in [4.69, 9.17) is 28.9 Å². The molecule has 2 rings (SSSR count). The normalized spacial score (nSPS) is 11.0. The molecule has 1 heterocycles. The first-order valence-electron chi connectivity index (χ1n) is 3.87. The van der Waals surface area contributed by atoms with Crippen molar-refractivity contribution in [3.8, 4) is 0 Å². The van der Waals surface area contributed by atoms with Gasteiger partial charge in [-0.1, -0.05) is 23.2 Å². The van der Waals surface area contributed by atoms with Crippen LogP contribution in [0.3, 0.4) is 0 Å². The molecule has 0 aliphatic heterocycles. The lowest BCUT2D eigenvalue weighted by Gasteiger charge is -1.94. The number of H-pyrrole nitrogens is 1. The van der Waals surface area contributed by atoms with Crippen LogP contribution in [0.5, 0.6) is 0 Å². The molecule has 3 N–H and O–H groups in total. The molecule has 0 atom stereocenters. The molecule has 13 heavy (non-hydrogen) atoms. The molecule has 2 nitrogen and oxygen atoms in total. The Labute approximate surface area is 85.6 Å². The van der Waals surface area contributed by atoms with Crippen LogP contribution in [0.2, 0.25) is 10.0 Å². The summed E-state index contributed by atoms with van der Waals surface area (Å²) >= 11 is 11.7. The van der Waals surface area contributed by atoms with Crippen LogP contribution in [-0.4, -0.2) is 4.98 Å². The largest absolute Gasteiger partial charge is 0.357 e. The number of fused-ring (bicyclic) bond motifs is 1. The van der Waals surface area contributed by atoms with Gasteiger partial charge in [-0.05, 0) is 18.2 Å². The van der Waals surface area contributed by atoms with Gasteiger partial charge in [0, 0.05) is 23.1 Å². The van der Waals surface area contributed by atoms with Crippen molar-refractivity contribution < 1.29 is 0 Å². The van der Waals surface area contributed by atoms with E-state index in [1.54, 1.807) is 6.07 Å². The van der Waals surface area contributed by atoms with Crippen molar-refractivity contribution in [2.45, 2.75) is 6.54 Å². The molecule has 0 aliphatic carbocycles. The van der Waals surface area contributed by atoms with Gasteiger partial charge >= 0.3 is 0 Å². The lowest BCUT2D eigenvalue weighted by atomic mass is 10.2. The Hall–Kier alpha value is -0.700. The van der Waals surface area contributed by atoms with Gasteiger partial charge in [0.1, 0.15) is 0 Å². The third-order valence-corrected chi connectivity index (χ3v) is 2.66. The Kier molecular flexibility index (Phi) is 2.20. The first kappa shape index (κ1) is 8.88. The summed E-state index contributed by atoms with van der Waals surface area (Å²) in [6.45, 7) is 0.490. The molecular weight excluding hydrogens is 207 g/mol. The third-order valence-electron chi connectivity index (χ3n) is 1.94. The van der Waals surface area contributed by atoms with Gasteiger partial charge in [-0.15, -0.1) is 0 Å². The van der Waals surface area contributed by atoms with E-state index in [9.17, 15) is 0 Å². The highest BCUT2D eigenvalue weighted by Gasteiger charge is 2.03. The number of rotatable bonds is 1. The van der Waals surface area contributed by atoms with Crippen LogP contribution in [0.4, 0.5) is 0 Å². The summed E-state index contributed by atoms with van der Waals surface area (Å²) in [6.07, 6.45) is 0. The third kappa shape index (κ3) is 1.53. The van der Waals surface area contributed by atoms with E-state index in [2.05, 4.69) is 4.98 Å². The Bertz CT molecular complexity index is 409. The molecule has 1 aromatic carbocycles. The maximum atomic E-state index is 5.86. The minimum atomic E-state index is 0.490. The van der Waals surface area contributed by atoms with Crippen LogP contribution < -0.4 is 5.73 Å². The Morgan fingerprint density at radius 1 is 1.15 bits per heavy atom. The van der Waals surface area contributed by atoms with Gasteiger partial charge in [0.25, 0.3) is 0 Å². The number of benzene rings is 1. The van der Waals surface area contributed by atoms with Crippen LogP contribution in [-0.2, 0) is 6.54 Å². The number of hydrogen-bond acceptors (Lipinski definition) is 1. The zero-order valence-electron chi connectivity index (χ0n) is 6.77. The van der Waals surface area contributed by atoms with E-state index in [1.165, 1.54) is 0 Å². The minimum absolute atomic E-state index is 0.490. The van der Waals surface area contributed by atoms with Crippen LogP contribution in [0.15, 0.2) is 18.2 Å². The van der Waals surface area contributed by atoms with E-state index < -0.39 is 0 Å². The molecule has 0 aliphatic rings. The Balaban J connectivity index is 2.70. The zero-order chi connectivity index (χ0) is 9.42. The zero-order valence-corrected chi connectivity index (χ0v) is 8.28. The van der Waals surface area contributed by atoms with Gasteiger partial charge in [-0.25, -0.2) is 0 Å². The first-order valence-corrected chi connectivity index (χ1v) is 4.63. The fraction of sp³-hybridized carbons (Fsp3) is 0.111. The minimum Gasteiger partial charge on any atom is -0.357 e. The maximum absolute atomic E-state index is 5.86. The molecule has 0 spiro atoms. The van der Waals surface area contributed by atoms with Gasteiger partial charge in [-0.2, -0.15) is 0 Å². The van der Waals surface area contributed by atoms with E-state index in [1.807, 2.05) is 12.1 Å². The fourth-order valence-corrected chi connectivity index (χ4v) is 1.63. The summed E-state index contributed by atoms with van der Waals surface area (Å²) in [6, 6.07) is 5.60. The molecule has 0 radical (unpaired) electrons. The summed E-state index contributed by atoms with van der Waals surface area (Å²) in [7, 11) is 0. The highest BCUT2D eigenvalue weighted by Crippen LogP contribution is 2.27. The first-order chi connectivity index (χ1) is 6.20. The number of aromatic nitrogens is 1. The van der Waals surface area contributed by atoms with Crippen LogP contribution in [0, 0.1) is 0 Å². The molecule has 0 saturated carbocycles. The Morgan fingerprint density at radius 3 is 2.54 bits per heavy atom. The SMILES string of the molecule is NCc1cc2cc(Cl)c(Cl)cc2[nH]1. The van der Waals surface area contributed by atoms with Crippen molar-refractivity contribution in [2.75, 3.05) is 0 Å². The molecule has 0 bridgehead atoms. The maximum Gasteiger partial charge on any atom is 0.0613 e. The van der Waals surface area contributed by atoms with E-state index in [0.717, 1.165) is 16.6 Å². The van der Waals surface area contributed by atoms with E-state index in [0.29, 0.717) is 16.6 Å². The average molecular weight is 215 g/mol. The lowest BCUT2D eigenvalue weighted by Crippen LogP contribution is -1.94. The number of nitrogens with two attached hydrogens (primary N) is 1. The molecule has 4 heteroatoms. The van der Waals surface area contributed by atoms with Gasteiger partial charge < -0.3 is 10.7 Å². The quantitative estimate of drug-likeness (QED) is 0.754. The van der Waals surface area contributed by atoms with E-state index >= 15 is 0 Å². The second kappa shape index (κ2) is 3.22. The second-order valence-electron chi connectivity index (χ2n) is 2.85. The summed E-state index contributed by atoms with van der Waals surface area (Å²) < 4.78 is 0. The van der Waals surface area contributed by atoms with Gasteiger partial charge in [-0.3, -0.25) is 0 Å². The van der Waals surface area contributed by atoms with Crippen LogP contribution in [0.1, 0.15) is 5.69 Å². The number of halogens is 2. The molecule has 2 aromatic rings. The molecule has 0 saturated heterocycles. The predicted octanol–water partition coefficient (Wildman–Crippen LogP) is 2.93. The molecular formula is C9H8Cl2N2. The molecule has 0 amide bonds. The van der Waals surface area contributed by atoms with Crippen molar-refractivity contribution in [2.24, 2.45) is 5.73 Å². The van der Waals surface area contributed by atoms with Crippen LogP contribution >= 0.6 is 23.2 Å². The number of nitrogens with one attached hydrogen (secondary N) is 1. The van der Waals surface area contributed by atoms with Crippen molar-refractivity contribution in [1.82, 2.24) is 4.98 Å².